The summed E-state index contributed by atoms with van der Waals surface area (Å²) < 4.78 is 17.7. The molecular weight excluding hydrogens is 185 g/mol. The second-order valence-corrected chi connectivity index (χ2v) is 3.34. The smallest absolute Gasteiger partial charge is 0.207 e. The lowest BCUT2D eigenvalue weighted by Gasteiger charge is -2.41. The minimum atomic E-state index is -0.449. The van der Waals surface area contributed by atoms with E-state index in [-0.39, 0.29) is 5.82 Å². The lowest BCUT2D eigenvalue weighted by atomic mass is 9.88. The first kappa shape index (κ1) is 9.15. The van der Waals surface area contributed by atoms with Crippen molar-refractivity contribution in [1.29, 1.82) is 0 Å². The Kier molecular flexibility index (Phi) is 2.21. The Morgan fingerprint density at radius 3 is 2.43 bits per heavy atom. The lowest BCUT2D eigenvalue weighted by molar-refractivity contribution is -0.122. The van der Waals surface area contributed by atoms with Gasteiger partial charge >= 0.3 is 0 Å². The van der Waals surface area contributed by atoms with Gasteiger partial charge in [-0.25, -0.2) is 4.39 Å². The standard InChI is InChI=1S/C10H10FNO2/c11-9-3-1-8(2-4-9)10(12-7-13)5-14-6-10/h1-4,7H,5-6H2,(H,12,13). The Morgan fingerprint density at radius 1 is 1.36 bits per heavy atom. The molecule has 0 unspecified atom stereocenters. The van der Waals surface area contributed by atoms with E-state index in [2.05, 4.69) is 5.32 Å². The number of hydrogen-bond acceptors (Lipinski definition) is 2. The van der Waals surface area contributed by atoms with Gasteiger partial charge in [0.15, 0.2) is 0 Å². The van der Waals surface area contributed by atoms with Crippen LogP contribution in [0.3, 0.4) is 0 Å². The fraction of sp³-hybridized carbons (Fsp3) is 0.300. The van der Waals surface area contributed by atoms with Crippen LogP contribution in [0.2, 0.25) is 0 Å². The number of carbonyl (C=O) groups is 1. The van der Waals surface area contributed by atoms with Gasteiger partial charge < -0.3 is 10.1 Å². The Morgan fingerprint density at radius 2 is 2.00 bits per heavy atom. The molecule has 1 aromatic rings. The zero-order valence-corrected chi connectivity index (χ0v) is 7.50. The van der Waals surface area contributed by atoms with Crippen molar-refractivity contribution in [3.05, 3.63) is 35.6 Å². The summed E-state index contributed by atoms with van der Waals surface area (Å²) in [5.41, 5.74) is 0.423. The van der Waals surface area contributed by atoms with Crippen molar-refractivity contribution in [2.24, 2.45) is 0 Å². The van der Waals surface area contributed by atoms with Crippen LogP contribution in [0, 0.1) is 5.82 Å². The Hall–Kier alpha value is -1.42. The lowest BCUT2D eigenvalue weighted by Crippen LogP contribution is -2.57. The number of rotatable bonds is 3. The van der Waals surface area contributed by atoms with Gasteiger partial charge in [0.1, 0.15) is 11.4 Å². The molecule has 0 aromatic heterocycles. The molecule has 2 rings (SSSR count). The fourth-order valence-corrected chi connectivity index (χ4v) is 1.52. The number of benzene rings is 1. The Bertz CT molecular complexity index is 332. The summed E-state index contributed by atoms with van der Waals surface area (Å²) in [6.07, 6.45) is 0.645. The van der Waals surface area contributed by atoms with E-state index in [1.165, 1.54) is 12.1 Å². The highest BCUT2D eigenvalue weighted by Gasteiger charge is 2.39. The molecule has 1 aromatic carbocycles. The summed E-state index contributed by atoms with van der Waals surface area (Å²) in [7, 11) is 0. The number of nitrogens with one attached hydrogen (secondary N) is 1. The average Bonchev–Trinajstić information content (AvgIpc) is 2.13. The molecule has 0 radical (unpaired) electrons. The number of amides is 1. The number of ether oxygens (including phenoxy) is 1. The first-order valence-electron chi connectivity index (χ1n) is 4.32. The monoisotopic (exact) mass is 195 g/mol. The minimum Gasteiger partial charge on any atom is -0.376 e. The van der Waals surface area contributed by atoms with Crippen LogP contribution >= 0.6 is 0 Å². The molecule has 0 aliphatic carbocycles. The predicted molar refractivity (Wildman–Crippen MR) is 48.1 cm³/mol. The molecule has 0 spiro atoms. The predicted octanol–water partition coefficient (Wildman–Crippen LogP) is 0.797. The molecule has 1 N–H and O–H groups in total. The van der Waals surface area contributed by atoms with Crippen molar-refractivity contribution in [2.45, 2.75) is 5.54 Å². The molecule has 1 aliphatic heterocycles. The van der Waals surface area contributed by atoms with Crippen LogP contribution in [-0.4, -0.2) is 19.6 Å². The summed E-state index contributed by atoms with van der Waals surface area (Å²) in [5.74, 6) is -0.282. The third-order valence-corrected chi connectivity index (χ3v) is 2.43. The van der Waals surface area contributed by atoms with Crippen LogP contribution in [-0.2, 0) is 15.1 Å². The van der Waals surface area contributed by atoms with Gasteiger partial charge in [-0.3, -0.25) is 4.79 Å². The van der Waals surface area contributed by atoms with Crippen molar-refractivity contribution in [3.63, 3.8) is 0 Å². The molecule has 14 heavy (non-hydrogen) atoms. The van der Waals surface area contributed by atoms with Crippen molar-refractivity contribution in [3.8, 4) is 0 Å². The highest BCUT2D eigenvalue weighted by molar-refractivity contribution is 5.50. The van der Waals surface area contributed by atoms with E-state index in [0.29, 0.717) is 19.6 Å². The number of hydrogen-bond donors (Lipinski definition) is 1. The van der Waals surface area contributed by atoms with Gasteiger partial charge in [0.05, 0.1) is 13.2 Å². The van der Waals surface area contributed by atoms with Crippen molar-refractivity contribution < 1.29 is 13.9 Å². The van der Waals surface area contributed by atoms with E-state index < -0.39 is 5.54 Å². The molecule has 1 fully saturated rings. The van der Waals surface area contributed by atoms with Gasteiger partial charge in [0.25, 0.3) is 0 Å². The van der Waals surface area contributed by atoms with Crippen LogP contribution in [0.15, 0.2) is 24.3 Å². The van der Waals surface area contributed by atoms with Crippen LogP contribution in [0.5, 0.6) is 0 Å². The van der Waals surface area contributed by atoms with Crippen molar-refractivity contribution >= 4 is 6.41 Å². The van der Waals surface area contributed by atoms with E-state index in [4.69, 9.17) is 4.74 Å². The molecule has 74 valence electrons. The molecule has 1 amide bonds. The molecule has 0 saturated carbocycles. The van der Waals surface area contributed by atoms with E-state index in [9.17, 15) is 9.18 Å². The third kappa shape index (κ3) is 1.37. The SMILES string of the molecule is O=CNC1(c2ccc(F)cc2)COC1. The minimum absolute atomic E-state index is 0.282. The molecule has 0 atom stereocenters. The maximum absolute atomic E-state index is 12.7. The van der Waals surface area contributed by atoms with Gasteiger partial charge in [-0.2, -0.15) is 0 Å². The first-order valence-corrected chi connectivity index (χ1v) is 4.32. The van der Waals surface area contributed by atoms with Gasteiger partial charge in [-0.05, 0) is 17.7 Å². The van der Waals surface area contributed by atoms with Gasteiger partial charge in [-0.1, -0.05) is 12.1 Å². The average molecular weight is 195 g/mol. The van der Waals surface area contributed by atoms with E-state index in [1.54, 1.807) is 12.1 Å². The Labute approximate surface area is 80.9 Å². The van der Waals surface area contributed by atoms with Crippen molar-refractivity contribution in [1.82, 2.24) is 5.32 Å². The van der Waals surface area contributed by atoms with Crippen LogP contribution in [0.1, 0.15) is 5.56 Å². The Balaban J connectivity index is 2.27. The molecule has 0 bridgehead atoms. The van der Waals surface area contributed by atoms with Crippen molar-refractivity contribution in [2.75, 3.05) is 13.2 Å². The quantitative estimate of drug-likeness (QED) is 0.724. The highest BCUT2D eigenvalue weighted by Crippen LogP contribution is 2.28. The number of halogens is 1. The first-order chi connectivity index (χ1) is 6.77. The summed E-state index contributed by atoms with van der Waals surface area (Å²) in [6.45, 7) is 0.884. The second-order valence-electron chi connectivity index (χ2n) is 3.34. The second kappa shape index (κ2) is 3.38. The summed E-state index contributed by atoms with van der Waals surface area (Å²) in [4.78, 5) is 10.4. The summed E-state index contributed by atoms with van der Waals surface area (Å²) >= 11 is 0. The molecule has 4 heteroatoms. The number of carbonyl (C=O) groups excluding carboxylic acids is 1. The molecule has 1 saturated heterocycles. The summed E-state index contributed by atoms with van der Waals surface area (Å²) in [5, 5.41) is 2.70. The normalized spacial score (nSPS) is 18.4. The van der Waals surface area contributed by atoms with Crippen LogP contribution < -0.4 is 5.32 Å². The largest absolute Gasteiger partial charge is 0.376 e. The molecular formula is C10H10FNO2. The fourth-order valence-electron chi connectivity index (χ4n) is 1.52. The third-order valence-electron chi connectivity index (χ3n) is 2.43. The van der Waals surface area contributed by atoms with Gasteiger partial charge in [0.2, 0.25) is 6.41 Å². The molecule has 1 aliphatic rings. The topological polar surface area (TPSA) is 38.3 Å². The van der Waals surface area contributed by atoms with Gasteiger partial charge in [0, 0.05) is 0 Å². The van der Waals surface area contributed by atoms with Crippen LogP contribution in [0.25, 0.3) is 0 Å². The van der Waals surface area contributed by atoms with Crippen LogP contribution in [0.4, 0.5) is 4.39 Å². The maximum atomic E-state index is 12.7. The molecule has 3 nitrogen and oxygen atoms in total. The zero-order valence-electron chi connectivity index (χ0n) is 7.50. The summed E-state index contributed by atoms with van der Waals surface area (Å²) in [6, 6.07) is 6.08. The highest BCUT2D eigenvalue weighted by atomic mass is 19.1. The van der Waals surface area contributed by atoms with E-state index in [0.717, 1.165) is 5.56 Å². The molecule has 1 heterocycles. The maximum Gasteiger partial charge on any atom is 0.207 e. The zero-order chi connectivity index (χ0) is 10.0. The van der Waals surface area contributed by atoms with E-state index >= 15 is 0 Å². The van der Waals surface area contributed by atoms with E-state index in [1.807, 2.05) is 0 Å². The van der Waals surface area contributed by atoms with Gasteiger partial charge in [-0.15, -0.1) is 0 Å².